The van der Waals surface area contributed by atoms with Gasteiger partial charge in [-0.3, -0.25) is 19.7 Å². The van der Waals surface area contributed by atoms with Crippen molar-refractivity contribution >= 4 is 23.2 Å². The van der Waals surface area contributed by atoms with Gasteiger partial charge < -0.3 is 19.7 Å². The van der Waals surface area contributed by atoms with Crippen LogP contribution < -0.4 is 14.8 Å². The second kappa shape index (κ2) is 9.36. The number of nitro benzene ring substituents is 1. The van der Waals surface area contributed by atoms with E-state index in [1.807, 2.05) is 0 Å². The number of nitrogens with one attached hydrogen (secondary N) is 1. The number of hydrogen-bond donors (Lipinski definition) is 1. The summed E-state index contributed by atoms with van der Waals surface area (Å²) in [5.41, 5.74) is 0.349. The number of nitro groups is 1. The van der Waals surface area contributed by atoms with Crippen LogP contribution in [0.2, 0.25) is 0 Å². The van der Waals surface area contributed by atoms with E-state index in [9.17, 15) is 19.7 Å². The summed E-state index contributed by atoms with van der Waals surface area (Å²) in [6.07, 6.45) is 0. The number of likely N-dealkylation sites (N-methyl/N-ethyl adjacent to an activating group) is 1. The third-order valence-electron chi connectivity index (χ3n) is 3.80. The largest absolute Gasteiger partial charge is 0.497 e. The lowest BCUT2D eigenvalue weighted by Gasteiger charge is -2.17. The van der Waals surface area contributed by atoms with Gasteiger partial charge in [-0.2, -0.15) is 0 Å². The van der Waals surface area contributed by atoms with Gasteiger partial charge in [-0.1, -0.05) is 0 Å². The first kappa shape index (κ1) is 20.7. The minimum Gasteiger partial charge on any atom is -0.497 e. The summed E-state index contributed by atoms with van der Waals surface area (Å²) in [5.74, 6) is -0.177. The van der Waals surface area contributed by atoms with Crippen LogP contribution in [-0.2, 0) is 4.79 Å². The van der Waals surface area contributed by atoms with E-state index in [4.69, 9.17) is 9.47 Å². The Hall–Kier alpha value is -3.62. The monoisotopic (exact) mass is 387 g/mol. The predicted octanol–water partition coefficient (Wildman–Crippen LogP) is 2.71. The molecule has 9 nitrogen and oxygen atoms in total. The minimum atomic E-state index is -0.613. The van der Waals surface area contributed by atoms with Gasteiger partial charge in [0.2, 0.25) is 5.91 Å². The van der Waals surface area contributed by atoms with Crippen molar-refractivity contribution in [3.8, 4) is 11.5 Å². The first-order valence-corrected chi connectivity index (χ1v) is 8.46. The molecule has 148 valence electrons. The van der Waals surface area contributed by atoms with Gasteiger partial charge in [0, 0.05) is 24.4 Å². The number of hydrogen-bond acceptors (Lipinski definition) is 6. The topological polar surface area (TPSA) is 111 Å². The average Bonchev–Trinajstić information content (AvgIpc) is 2.68. The van der Waals surface area contributed by atoms with Gasteiger partial charge in [0.25, 0.3) is 5.91 Å². The molecule has 2 rings (SSSR count). The van der Waals surface area contributed by atoms with E-state index >= 15 is 0 Å². The van der Waals surface area contributed by atoms with Gasteiger partial charge >= 0.3 is 5.69 Å². The Balaban J connectivity index is 2.05. The summed E-state index contributed by atoms with van der Waals surface area (Å²) < 4.78 is 10.2. The van der Waals surface area contributed by atoms with Crippen molar-refractivity contribution in [3.63, 3.8) is 0 Å². The van der Waals surface area contributed by atoms with E-state index in [1.54, 1.807) is 38.3 Å². The molecule has 2 aromatic rings. The number of ether oxygens (including phenoxy) is 2. The molecule has 1 N–H and O–H groups in total. The van der Waals surface area contributed by atoms with E-state index in [1.165, 1.54) is 24.1 Å². The molecule has 0 saturated heterocycles. The molecule has 0 saturated carbocycles. The Morgan fingerprint density at radius 2 is 1.86 bits per heavy atom. The molecule has 0 radical (unpaired) electrons. The fourth-order valence-electron chi connectivity index (χ4n) is 2.45. The predicted molar refractivity (Wildman–Crippen MR) is 103 cm³/mol. The fraction of sp³-hybridized carbons (Fsp3) is 0.263. The smallest absolute Gasteiger partial charge is 0.311 e. The summed E-state index contributed by atoms with van der Waals surface area (Å²) in [7, 11) is 2.98. The molecule has 0 bridgehead atoms. The maximum absolute atomic E-state index is 12.5. The molecule has 0 aliphatic carbocycles. The molecule has 0 unspecified atom stereocenters. The van der Waals surface area contributed by atoms with Crippen molar-refractivity contribution in [2.75, 3.05) is 32.6 Å². The fourth-order valence-corrected chi connectivity index (χ4v) is 2.45. The average molecular weight is 387 g/mol. The summed E-state index contributed by atoms with van der Waals surface area (Å²) >= 11 is 0. The Morgan fingerprint density at radius 3 is 2.43 bits per heavy atom. The first-order valence-electron chi connectivity index (χ1n) is 8.46. The third-order valence-corrected chi connectivity index (χ3v) is 3.80. The Morgan fingerprint density at radius 1 is 1.18 bits per heavy atom. The Kier molecular flexibility index (Phi) is 6.91. The molecule has 0 aromatic heterocycles. The van der Waals surface area contributed by atoms with Crippen molar-refractivity contribution in [2.24, 2.45) is 0 Å². The van der Waals surface area contributed by atoms with Gasteiger partial charge in [0.05, 0.1) is 25.2 Å². The van der Waals surface area contributed by atoms with Crippen LogP contribution in [0.3, 0.4) is 0 Å². The van der Waals surface area contributed by atoms with Crippen molar-refractivity contribution in [2.45, 2.75) is 6.92 Å². The number of carbonyl (C=O) groups is 2. The van der Waals surface area contributed by atoms with Crippen molar-refractivity contribution in [1.29, 1.82) is 0 Å². The zero-order valence-electron chi connectivity index (χ0n) is 15.8. The van der Waals surface area contributed by atoms with Crippen LogP contribution in [-0.4, -0.2) is 48.9 Å². The normalized spacial score (nSPS) is 10.1. The molecule has 0 aliphatic rings. The van der Waals surface area contributed by atoms with Gasteiger partial charge in [-0.15, -0.1) is 0 Å². The van der Waals surface area contributed by atoms with E-state index < -0.39 is 16.7 Å². The highest BCUT2D eigenvalue weighted by Gasteiger charge is 2.21. The minimum absolute atomic E-state index is 0.0870. The summed E-state index contributed by atoms with van der Waals surface area (Å²) in [6.45, 7) is 1.75. The highest BCUT2D eigenvalue weighted by molar-refractivity contribution is 5.99. The molecular weight excluding hydrogens is 366 g/mol. The lowest BCUT2D eigenvalue weighted by molar-refractivity contribution is -0.385. The van der Waals surface area contributed by atoms with Gasteiger partial charge in [-0.05, 0) is 43.3 Å². The van der Waals surface area contributed by atoms with Crippen LogP contribution in [0.1, 0.15) is 17.3 Å². The number of anilines is 1. The molecule has 2 amide bonds. The van der Waals surface area contributed by atoms with Crippen molar-refractivity contribution < 1.29 is 24.0 Å². The zero-order chi connectivity index (χ0) is 20.7. The highest BCUT2D eigenvalue weighted by Crippen LogP contribution is 2.28. The van der Waals surface area contributed by atoms with Crippen LogP contribution in [0.4, 0.5) is 11.4 Å². The van der Waals surface area contributed by atoms with Crippen molar-refractivity contribution in [1.82, 2.24) is 4.90 Å². The van der Waals surface area contributed by atoms with E-state index in [-0.39, 0.29) is 30.2 Å². The van der Waals surface area contributed by atoms with E-state index in [0.717, 1.165) is 6.07 Å². The zero-order valence-corrected chi connectivity index (χ0v) is 15.8. The summed E-state index contributed by atoms with van der Waals surface area (Å²) in [4.78, 5) is 36.5. The SMILES string of the molecule is CCOc1ccc(C(=O)N(C)CC(=O)Nc2ccc(OC)cc2)cc1[N+](=O)[O-]. The molecule has 0 heterocycles. The highest BCUT2D eigenvalue weighted by atomic mass is 16.6. The van der Waals surface area contributed by atoms with Crippen LogP contribution >= 0.6 is 0 Å². The number of amides is 2. The molecule has 9 heteroatoms. The molecule has 28 heavy (non-hydrogen) atoms. The van der Waals surface area contributed by atoms with Gasteiger partial charge in [0.15, 0.2) is 5.75 Å². The van der Waals surface area contributed by atoms with Crippen LogP contribution in [0.15, 0.2) is 42.5 Å². The summed E-state index contributed by atoms with van der Waals surface area (Å²) in [6, 6.07) is 10.7. The van der Waals surface area contributed by atoms with E-state index in [2.05, 4.69) is 5.32 Å². The number of methoxy groups -OCH3 is 1. The van der Waals surface area contributed by atoms with Crippen LogP contribution in [0.5, 0.6) is 11.5 Å². The molecule has 0 aliphatic heterocycles. The van der Waals surface area contributed by atoms with Crippen molar-refractivity contribution in [3.05, 3.63) is 58.1 Å². The molecule has 0 atom stereocenters. The number of benzene rings is 2. The van der Waals surface area contributed by atoms with Crippen LogP contribution in [0, 0.1) is 10.1 Å². The third kappa shape index (κ3) is 5.19. The van der Waals surface area contributed by atoms with Gasteiger partial charge in [-0.25, -0.2) is 0 Å². The maximum atomic E-state index is 12.5. The first-order chi connectivity index (χ1) is 13.3. The van der Waals surface area contributed by atoms with Crippen LogP contribution in [0.25, 0.3) is 0 Å². The summed E-state index contributed by atoms with van der Waals surface area (Å²) in [5, 5.41) is 13.9. The molecule has 0 fully saturated rings. The molecular formula is C19H21N3O6. The number of carbonyl (C=O) groups excluding carboxylic acids is 2. The lowest BCUT2D eigenvalue weighted by atomic mass is 10.1. The second-order valence-electron chi connectivity index (χ2n) is 5.81. The second-order valence-corrected chi connectivity index (χ2v) is 5.81. The number of rotatable bonds is 8. The lowest BCUT2D eigenvalue weighted by Crippen LogP contribution is -2.34. The molecule has 2 aromatic carbocycles. The molecule has 0 spiro atoms. The Labute approximate surface area is 162 Å². The standard InChI is InChI=1S/C19H21N3O6/c1-4-28-17-10-5-13(11-16(17)22(25)26)19(24)21(2)12-18(23)20-14-6-8-15(27-3)9-7-14/h5-11H,4,12H2,1-3H3,(H,20,23). The number of nitrogens with zero attached hydrogens (tertiary/aromatic N) is 2. The Bertz CT molecular complexity index is 866. The maximum Gasteiger partial charge on any atom is 0.311 e. The quantitative estimate of drug-likeness (QED) is 0.551. The van der Waals surface area contributed by atoms with Gasteiger partial charge in [0.1, 0.15) is 5.75 Å². The van der Waals surface area contributed by atoms with E-state index in [0.29, 0.717) is 11.4 Å².